The van der Waals surface area contributed by atoms with Gasteiger partial charge in [-0.25, -0.2) is 4.98 Å². The van der Waals surface area contributed by atoms with E-state index in [4.69, 9.17) is 5.73 Å². The van der Waals surface area contributed by atoms with E-state index < -0.39 is 0 Å². The smallest absolute Gasteiger partial charge is 0.231 e. The molecule has 8 heteroatoms. The maximum absolute atomic E-state index is 5.71. The quantitative estimate of drug-likeness (QED) is 0.887. The molecule has 1 unspecified atom stereocenters. The van der Waals surface area contributed by atoms with Crippen molar-refractivity contribution in [2.24, 2.45) is 0 Å². The maximum Gasteiger partial charge on any atom is 0.231 e. The zero-order valence-corrected chi connectivity index (χ0v) is 13.1. The summed E-state index contributed by atoms with van der Waals surface area (Å²) in [4.78, 5) is 19.9. The summed E-state index contributed by atoms with van der Waals surface area (Å²) in [6, 6.07) is 0.0676. The van der Waals surface area contributed by atoms with Crippen LogP contribution in [0.15, 0.2) is 0 Å². The van der Waals surface area contributed by atoms with Gasteiger partial charge in [-0.1, -0.05) is 0 Å². The van der Waals surface area contributed by atoms with Crippen LogP contribution in [0.1, 0.15) is 28.5 Å². The Morgan fingerprint density at radius 1 is 1.15 bits per heavy atom. The van der Waals surface area contributed by atoms with E-state index in [1.807, 2.05) is 27.9 Å². The van der Waals surface area contributed by atoms with E-state index in [1.165, 1.54) is 4.88 Å². The van der Waals surface area contributed by atoms with Gasteiger partial charge in [0, 0.05) is 19.0 Å². The molecule has 2 heterocycles. The van der Waals surface area contributed by atoms with Crippen molar-refractivity contribution in [3.63, 3.8) is 0 Å². The number of nitrogen functional groups attached to an aromatic ring is 1. The number of hydrogen-bond donors (Lipinski definition) is 2. The molecule has 0 saturated heterocycles. The lowest BCUT2D eigenvalue weighted by Gasteiger charge is -2.15. The first-order chi connectivity index (χ1) is 9.36. The van der Waals surface area contributed by atoms with Gasteiger partial charge in [-0.2, -0.15) is 15.0 Å². The van der Waals surface area contributed by atoms with Crippen molar-refractivity contribution in [2.45, 2.75) is 26.8 Å². The molecule has 2 aromatic heterocycles. The second kappa shape index (κ2) is 5.58. The zero-order valence-electron chi connectivity index (χ0n) is 12.3. The van der Waals surface area contributed by atoms with E-state index >= 15 is 0 Å². The molecule has 0 spiro atoms. The average Bonchev–Trinajstić information content (AvgIpc) is 2.67. The van der Waals surface area contributed by atoms with Crippen molar-refractivity contribution >= 4 is 29.2 Å². The Bertz CT molecular complexity index is 608. The molecule has 7 nitrogen and oxygen atoms in total. The third-order valence-corrected chi connectivity index (χ3v) is 3.97. The highest BCUT2D eigenvalue weighted by molar-refractivity contribution is 7.11. The number of aryl methyl sites for hydroxylation is 2. The van der Waals surface area contributed by atoms with Crippen LogP contribution in [0.2, 0.25) is 0 Å². The number of rotatable bonds is 4. The van der Waals surface area contributed by atoms with E-state index in [9.17, 15) is 0 Å². The van der Waals surface area contributed by atoms with Crippen LogP contribution in [-0.2, 0) is 0 Å². The SMILES string of the molecule is Cc1nc(C)c(C(C)Nc2nc(N)nc(N(C)C)n2)s1. The molecular formula is C12H19N7S. The molecule has 3 N–H and O–H groups in total. The Balaban J connectivity index is 2.23. The van der Waals surface area contributed by atoms with Crippen LogP contribution in [-0.4, -0.2) is 34.0 Å². The second-order valence-corrected chi connectivity index (χ2v) is 5.99. The first kappa shape index (κ1) is 14.4. The molecular weight excluding hydrogens is 274 g/mol. The van der Waals surface area contributed by atoms with E-state index in [2.05, 4.69) is 32.2 Å². The molecule has 0 aliphatic heterocycles. The van der Waals surface area contributed by atoms with Gasteiger partial charge in [0.1, 0.15) is 0 Å². The Morgan fingerprint density at radius 3 is 2.40 bits per heavy atom. The summed E-state index contributed by atoms with van der Waals surface area (Å²) in [5, 5.41) is 4.30. The van der Waals surface area contributed by atoms with Crippen molar-refractivity contribution in [1.29, 1.82) is 0 Å². The van der Waals surface area contributed by atoms with E-state index in [1.54, 1.807) is 16.2 Å². The molecule has 0 aliphatic carbocycles. The molecule has 0 bridgehead atoms. The molecule has 2 aromatic rings. The lowest BCUT2D eigenvalue weighted by molar-refractivity contribution is 0.854. The van der Waals surface area contributed by atoms with E-state index in [0.29, 0.717) is 11.9 Å². The monoisotopic (exact) mass is 293 g/mol. The largest absolute Gasteiger partial charge is 0.368 e. The fourth-order valence-corrected chi connectivity index (χ4v) is 2.78. The van der Waals surface area contributed by atoms with Crippen molar-refractivity contribution in [3.05, 3.63) is 15.6 Å². The predicted octanol–water partition coefficient (Wildman–Crippen LogP) is 1.77. The predicted molar refractivity (Wildman–Crippen MR) is 82.2 cm³/mol. The molecule has 20 heavy (non-hydrogen) atoms. The summed E-state index contributed by atoms with van der Waals surface area (Å²) >= 11 is 1.67. The molecule has 2 rings (SSSR count). The number of nitrogens with zero attached hydrogens (tertiary/aromatic N) is 5. The van der Waals surface area contributed by atoms with Crippen LogP contribution in [0, 0.1) is 13.8 Å². The summed E-state index contributed by atoms with van der Waals surface area (Å²) in [7, 11) is 3.72. The number of anilines is 3. The first-order valence-corrected chi connectivity index (χ1v) is 7.08. The van der Waals surface area contributed by atoms with Crippen LogP contribution < -0.4 is 16.0 Å². The summed E-state index contributed by atoms with van der Waals surface area (Å²) in [5.41, 5.74) is 6.74. The van der Waals surface area contributed by atoms with Crippen LogP contribution in [0.3, 0.4) is 0 Å². The van der Waals surface area contributed by atoms with Gasteiger partial charge in [0.05, 0.1) is 16.7 Å². The second-order valence-electron chi connectivity index (χ2n) is 4.76. The highest BCUT2D eigenvalue weighted by atomic mass is 32.1. The Labute approximate surface area is 122 Å². The van der Waals surface area contributed by atoms with Gasteiger partial charge in [0.2, 0.25) is 17.8 Å². The molecule has 0 radical (unpaired) electrons. The maximum atomic E-state index is 5.71. The summed E-state index contributed by atoms with van der Waals surface area (Å²) in [5.74, 6) is 1.21. The molecule has 0 saturated carbocycles. The fourth-order valence-electron chi connectivity index (χ4n) is 1.85. The summed E-state index contributed by atoms with van der Waals surface area (Å²) in [6.07, 6.45) is 0. The summed E-state index contributed by atoms with van der Waals surface area (Å²) < 4.78 is 0. The molecule has 0 amide bonds. The number of nitrogens with two attached hydrogens (primary N) is 1. The van der Waals surface area contributed by atoms with Crippen LogP contribution >= 0.6 is 11.3 Å². The lowest BCUT2D eigenvalue weighted by Crippen LogP contribution is -2.17. The third kappa shape index (κ3) is 3.13. The Morgan fingerprint density at radius 2 is 1.85 bits per heavy atom. The van der Waals surface area contributed by atoms with Gasteiger partial charge in [-0.05, 0) is 20.8 Å². The van der Waals surface area contributed by atoms with Gasteiger partial charge < -0.3 is 16.0 Å². The molecule has 0 aliphatic rings. The minimum atomic E-state index is 0.0676. The molecule has 0 aromatic carbocycles. The fraction of sp³-hybridized carbons (Fsp3) is 0.500. The van der Waals surface area contributed by atoms with Gasteiger partial charge in [0.25, 0.3) is 0 Å². The van der Waals surface area contributed by atoms with E-state index in [-0.39, 0.29) is 12.0 Å². The van der Waals surface area contributed by atoms with Crippen molar-refractivity contribution in [2.75, 3.05) is 30.0 Å². The Kier molecular flexibility index (Phi) is 4.03. The normalized spacial score (nSPS) is 12.2. The third-order valence-electron chi connectivity index (χ3n) is 2.72. The lowest BCUT2D eigenvalue weighted by atomic mass is 10.2. The number of aromatic nitrogens is 4. The highest BCUT2D eigenvalue weighted by Gasteiger charge is 2.15. The average molecular weight is 293 g/mol. The summed E-state index contributed by atoms with van der Waals surface area (Å²) in [6.45, 7) is 6.05. The number of hydrogen-bond acceptors (Lipinski definition) is 8. The molecule has 1 atom stereocenters. The molecule has 0 fully saturated rings. The van der Waals surface area contributed by atoms with Crippen LogP contribution in [0.25, 0.3) is 0 Å². The topological polar surface area (TPSA) is 92.8 Å². The van der Waals surface area contributed by atoms with Crippen molar-refractivity contribution in [3.8, 4) is 0 Å². The standard InChI is InChI=1S/C12H19N7S/c1-6-9(20-8(3)14-6)7(2)15-11-16-10(13)17-12(18-11)19(4)5/h7H,1-5H3,(H3,13,15,16,17,18). The minimum absolute atomic E-state index is 0.0676. The van der Waals surface area contributed by atoms with Crippen molar-refractivity contribution < 1.29 is 0 Å². The van der Waals surface area contributed by atoms with Crippen LogP contribution in [0.5, 0.6) is 0 Å². The highest BCUT2D eigenvalue weighted by Crippen LogP contribution is 2.26. The van der Waals surface area contributed by atoms with Crippen LogP contribution in [0.4, 0.5) is 17.8 Å². The number of thiazole rings is 1. The zero-order chi connectivity index (χ0) is 14.9. The van der Waals surface area contributed by atoms with Gasteiger partial charge in [0.15, 0.2) is 0 Å². The van der Waals surface area contributed by atoms with Crippen molar-refractivity contribution in [1.82, 2.24) is 19.9 Å². The van der Waals surface area contributed by atoms with E-state index in [0.717, 1.165) is 10.7 Å². The van der Waals surface area contributed by atoms with Gasteiger partial charge in [-0.3, -0.25) is 0 Å². The minimum Gasteiger partial charge on any atom is -0.368 e. The first-order valence-electron chi connectivity index (χ1n) is 6.26. The molecule has 108 valence electrons. The van der Waals surface area contributed by atoms with Gasteiger partial charge in [-0.15, -0.1) is 11.3 Å². The number of nitrogens with one attached hydrogen (secondary N) is 1. The Hall–Kier alpha value is -1.96. The van der Waals surface area contributed by atoms with Gasteiger partial charge >= 0.3 is 0 Å².